The standard InChI is InChI=1S/C29H35N3O4/c1-2-13-32-27(20-11-12-24-25(18-20)36-19-35-24)26(22-9-5-6-10-23(22)28(32)33)29(34)31-16-14-30(15-17-31)21-7-3-4-8-21/h5-6,9-12,18,21,26-27H,2-4,7-8,13-17,19H2,1H3/t26-,27+/m0/s1. The Hall–Kier alpha value is -3.06. The van der Waals surface area contributed by atoms with E-state index in [1.54, 1.807) is 0 Å². The van der Waals surface area contributed by atoms with Crippen LogP contribution in [-0.4, -0.2) is 72.1 Å². The van der Waals surface area contributed by atoms with E-state index in [2.05, 4.69) is 11.8 Å². The van der Waals surface area contributed by atoms with Crippen molar-refractivity contribution in [3.05, 3.63) is 59.2 Å². The summed E-state index contributed by atoms with van der Waals surface area (Å²) in [7, 11) is 0. The van der Waals surface area contributed by atoms with E-state index < -0.39 is 5.92 Å². The first-order chi connectivity index (χ1) is 17.7. The predicted octanol–water partition coefficient (Wildman–Crippen LogP) is 4.19. The minimum absolute atomic E-state index is 0.00906. The first-order valence-corrected chi connectivity index (χ1v) is 13.5. The fourth-order valence-corrected chi connectivity index (χ4v) is 6.59. The van der Waals surface area contributed by atoms with Gasteiger partial charge in [-0.05, 0) is 48.6 Å². The zero-order valence-electron chi connectivity index (χ0n) is 21.0. The van der Waals surface area contributed by atoms with Crippen LogP contribution in [-0.2, 0) is 4.79 Å². The molecule has 2 aromatic carbocycles. The number of hydrogen-bond donors (Lipinski definition) is 0. The third-order valence-electron chi connectivity index (χ3n) is 8.37. The maximum atomic E-state index is 14.3. The van der Waals surface area contributed by atoms with E-state index in [1.807, 2.05) is 52.3 Å². The van der Waals surface area contributed by atoms with Crippen molar-refractivity contribution in [2.75, 3.05) is 39.5 Å². The van der Waals surface area contributed by atoms with E-state index >= 15 is 0 Å². The number of carbonyl (C=O) groups is 2. The van der Waals surface area contributed by atoms with E-state index in [1.165, 1.54) is 25.7 Å². The lowest BCUT2D eigenvalue weighted by atomic mass is 9.78. The smallest absolute Gasteiger partial charge is 0.254 e. The number of carbonyl (C=O) groups excluding carboxylic acids is 2. The van der Waals surface area contributed by atoms with Crippen molar-refractivity contribution in [3.63, 3.8) is 0 Å². The first kappa shape index (κ1) is 23.3. The Labute approximate surface area is 212 Å². The van der Waals surface area contributed by atoms with E-state index in [-0.39, 0.29) is 24.6 Å². The fraction of sp³-hybridized carbons (Fsp3) is 0.517. The summed E-state index contributed by atoms with van der Waals surface area (Å²) >= 11 is 0. The topological polar surface area (TPSA) is 62.3 Å². The maximum Gasteiger partial charge on any atom is 0.254 e. The minimum Gasteiger partial charge on any atom is -0.454 e. The van der Waals surface area contributed by atoms with Crippen LogP contribution in [0, 0.1) is 0 Å². The molecule has 0 spiro atoms. The SMILES string of the molecule is CCCN1C(=O)c2ccccc2[C@H](C(=O)N2CCN(C3CCCC3)CC2)[C@H]1c1ccc2c(c1)OCO2. The summed E-state index contributed by atoms with van der Waals surface area (Å²) in [6.07, 6.45) is 6.02. The highest BCUT2D eigenvalue weighted by Gasteiger charge is 2.46. The van der Waals surface area contributed by atoms with E-state index in [9.17, 15) is 9.59 Å². The average Bonchev–Trinajstić information content (AvgIpc) is 3.62. The second-order valence-electron chi connectivity index (χ2n) is 10.4. The zero-order valence-corrected chi connectivity index (χ0v) is 21.0. The highest BCUT2D eigenvalue weighted by Crippen LogP contribution is 2.46. The molecule has 0 radical (unpaired) electrons. The van der Waals surface area contributed by atoms with Gasteiger partial charge >= 0.3 is 0 Å². The van der Waals surface area contributed by atoms with E-state index in [0.29, 0.717) is 29.6 Å². The van der Waals surface area contributed by atoms with Crippen molar-refractivity contribution < 1.29 is 19.1 Å². The average molecular weight is 490 g/mol. The molecule has 2 amide bonds. The van der Waals surface area contributed by atoms with Crippen molar-refractivity contribution >= 4 is 11.8 Å². The van der Waals surface area contributed by atoms with E-state index in [4.69, 9.17) is 9.47 Å². The second kappa shape index (κ2) is 9.77. The predicted molar refractivity (Wildman–Crippen MR) is 136 cm³/mol. The van der Waals surface area contributed by atoms with Crippen molar-refractivity contribution in [2.24, 2.45) is 0 Å². The molecule has 6 rings (SSSR count). The van der Waals surface area contributed by atoms with Gasteiger partial charge < -0.3 is 19.3 Å². The number of fused-ring (bicyclic) bond motifs is 2. The Morgan fingerprint density at radius 2 is 1.72 bits per heavy atom. The maximum absolute atomic E-state index is 14.3. The van der Waals surface area contributed by atoms with Gasteiger partial charge in [0, 0.05) is 44.3 Å². The van der Waals surface area contributed by atoms with Crippen LogP contribution in [0.2, 0.25) is 0 Å². The number of nitrogens with zero attached hydrogens (tertiary/aromatic N) is 3. The molecule has 0 N–H and O–H groups in total. The summed E-state index contributed by atoms with van der Waals surface area (Å²) in [5.74, 6) is 1.03. The van der Waals surface area contributed by atoms with Gasteiger partial charge in [0.25, 0.3) is 5.91 Å². The van der Waals surface area contributed by atoms with Gasteiger partial charge in [-0.15, -0.1) is 0 Å². The van der Waals surface area contributed by atoms with Crippen molar-refractivity contribution in [3.8, 4) is 11.5 Å². The van der Waals surface area contributed by atoms with Crippen molar-refractivity contribution in [1.82, 2.24) is 14.7 Å². The molecule has 3 aliphatic heterocycles. The van der Waals surface area contributed by atoms with Gasteiger partial charge in [-0.1, -0.05) is 44.0 Å². The van der Waals surface area contributed by atoms with Gasteiger partial charge in [-0.3, -0.25) is 14.5 Å². The third-order valence-corrected chi connectivity index (χ3v) is 8.37. The molecular formula is C29H35N3O4. The summed E-state index contributed by atoms with van der Waals surface area (Å²) in [4.78, 5) is 34.5. The molecule has 2 fully saturated rings. The molecule has 4 aliphatic rings. The normalized spacial score (nSPS) is 24.3. The van der Waals surface area contributed by atoms with Crippen LogP contribution >= 0.6 is 0 Å². The molecule has 1 aliphatic carbocycles. The number of rotatable bonds is 5. The molecule has 0 aromatic heterocycles. The largest absolute Gasteiger partial charge is 0.454 e. The lowest BCUT2D eigenvalue weighted by Crippen LogP contribution is -2.54. The zero-order chi connectivity index (χ0) is 24.6. The number of benzene rings is 2. The van der Waals surface area contributed by atoms with Crippen LogP contribution in [0.1, 0.15) is 72.5 Å². The number of ether oxygens (including phenoxy) is 2. The lowest BCUT2D eigenvalue weighted by molar-refractivity contribution is -0.136. The fourth-order valence-electron chi connectivity index (χ4n) is 6.59. The molecule has 2 atom stereocenters. The summed E-state index contributed by atoms with van der Waals surface area (Å²) < 4.78 is 11.2. The monoisotopic (exact) mass is 489 g/mol. The summed E-state index contributed by atoms with van der Waals surface area (Å²) in [6, 6.07) is 13.8. The highest BCUT2D eigenvalue weighted by atomic mass is 16.7. The summed E-state index contributed by atoms with van der Waals surface area (Å²) in [5, 5.41) is 0. The molecule has 190 valence electrons. The minimum atomic E-state index is -0.455. The Kier molecular flexibility index (Phi) is 6.34. The van der Waals surface area contributed by atoms with Gasteiger partial charge in [0.2, 0.25) is 12.7 Å². The second-order valence-corrected chi connectivity index (χ2v) is 10.4. The van der Waals surface area contributed by atoms with Crippen molar-refractivity contribution in [1.29, 1.82) is 0 Å². The Bertz CT molecular complexity index is 1140. The molecule has 2 aromatic rings. The van der Waals surface area contributed by atoms with E-state index in [0.717, 1.165) is 43.7 Å². The quantitative estimate of drug-likeness (QED) is 0.630. The van der Waals surface area contributed by atoms with Crippen LogP contribution < -0.4 is 9.47 Å². The molecule has 3 heterocycles. The Balaban J connectivity index is 1.36. The molecule has 0 bridgehead atoms. The molecule has 1 saturated carbocycles. The van der Waals surface area contributed by atoms with Crippen LogP contribution in [0.3, 0.4) is 0 Å². The molecule has 36 heavy (non-hydrogen) atoms. The Morgan fingerprint density at radius 3 is 2.50 bits per heavy atom. The van der Waals surface area contributed by atoms with Gasteiger partial charge in [0.15, 0.2) is 11.5 Å². The van der Waals surface area contributed by atoms with Crippen molar-refractivity contribution in [2.45, 2.75) is 57.0 Å². The molecule has 7 heteroatoms. The molecular weight excluding hydrogens is 454 g/mol. The Morgan fingerprint density at radius 1 is 0.972 bits per heavy atom. The molecule has 1 saturated heterocycles. The number of piperazine rings is 1. The lowest BCUT2D eigenvalue weighted by Gasteiger charge is -2.45. The number of hydrogen-bond acceptors (Lipinski definition) is 5. The summed E-state index contributed by atoms with van der Waals surface area (Å²) in [5.41, 5.74) is 2.39. The van der Waals surface area contributed by atoms with Crippen LogP contribution in [0.15, 0.2) is 42.5 Å². The van der Waals surface area contributed by atoms with Crippen LogP contribution in [0.4, 0.5) is 0 Å². The highest BCUT2D eigenvalue weighted by molar-refractivity contribution is 6.01. The summed E-state index contributed by atoms with van der Waals surface area (Å²) in [6.45, 7) is 6.19. The molecule has 0 unspecified atom stereocenters. The number of amides is 2. The van der Waals surface area contributed by atoms with Crippen LogP contribution in [0.25, 0.3) is 0 Å². The third kappa shape index (κ3) is 4.03. The van der Waals surface area contributed by atoms with Gasteiger partial charge in [0.05, 0.1) is 12.0 Å². The first-order valence-electron chi connectivity index (χ1n) is 13.5. The molecule has 7 nitrogen and oxygen atoms in total. The van der Waals surface area contributed by atoms with Gasteiger partial charge in [-0.25, -0.2) is 0 Å². The van der Waals surface area contributed by atoms with Crippen LogP contribution in [0.5, 0.6) is 11.5 Å². The van der Waals surface area contributed by atoms with Gasteiger partial charge in [0.1, 0.15) is 0 Å². The van der Waals surface area contributed by atoms with Gasteiger partial charge in [-0.2, -0.15) is 0 Å².